The average molecular weight is 218 g/mol. The van der Waals surface area contributed by atoms with Crippen molar-refractivity contribution in [3.8, 4) is 11.6 Å². The number of hydrogen-bond donors (Lipinski definition) is 0. The van der Waals surface area contributed by atoms with Crippen molar-refractivity contribution >= 4 is 0 Å². The van der Waals surface area contributed by atoms with Gasteiger partial charge in [-0.25, -0.2) is 0 Å². The fraction of sp³-hybridized carbons (Fsp3) is 0.333. The van der Waals surface area contributed by atoms with Gasteiger partial charge in [0, 0.05) is 18.1 Å². The molecule has 0 saturated carbocycles. The SMILES string of the molecule is Cc1ccc(-[n+]2noc([O-])c2C(C)C)cc1. The third-order valence-corrected chi connectivity index (χ3v) is 2.47. The zero-order valence-corrected chi connectivity index (χ0v) is 9.60. The maximum Gasteiger partial charge on any atom is 0.242 e. The van der Waals surface area contributed by atoms with Crippen molar-refractivity contribution in [1.29, 1.82) is 0 Å². The van der Waals surface area contributed by atoms with Crippen LogP contribution in [0.15, 0.2) is 28.8 Å². The molecule has 1 aromatic heterocycles. The predicted octanol–water partition coefficient (Wildman–Crippen LogP) is 1.46. The Morgan fingerprint density at radius 2 is 1.88 bits per heavy atom. The van der Waals surface area contributed by atoms with Gasteiger partial charge >= 0.3 is 0 Å². The number of benzene rings is 1. The van der Waals surface area contributed by atoms with Crippen molar-refractivity contribution in [1.82, 2.24) is 5.27 Å². The maximum absolute atomic E-state index is 11.5. The van der Waals surface area contributed by atoms with Crippen LogP contribution in [0.3, 0.4) is 0 Å². The van der Waals surface area contributed by atoms with E-state index in [4.69, 9.17) is 4.52 Å². The summed E-state index contributed by atoms with van der Waals surface area (Å²) in [7, 11) is 0. The Kier molecular flexibility index (Phi) is 2.64. The van der Waals surface area contributed by atoms with Crippen LogP contribution >= 0.6 is 0 Å². The lowest BCUT2D eigenvalue weighted by Gasteiger charge is -2.00. The molecule has 84 valence electrons. The summed E-state index contributed by atoms with van der Waals surface area (Å²) in [5, 5.41) is 15.2. The zero-order valence-electron chi connectivity index (χ0n) is 9.60. The Hall–Kier alpha value is -1.84. The highest BCUT2D eigenvalue weighted by molar-refractivity contribution is 5.27. The summed E-state index contributed by atoms with van der Waals surface area (Å²) in [4.78, 5) is 0. The van der Waals surface area contributed by atoms with Crippen molar-refractivity contribution in [3.05, 3.63) is 35.5 Å². The second kappa shape index (κ2) is 3.96. The molecule has 0 aliphatic rings. The van der Waals surface area contributed by atoms with Crippen LogP contribution in [-0.4, -0.2) is 5.27 Å². The molecule has 0 aliphatic carbocycles. The molecule has 16 heavy (non-hydrogen) atoms. The molecule has 1 heterocycles. The number of hydrogen-bond acceptors (Lipinski definition) is 3. The second-order valence-corrected chi connectivity index (χ2v) is 4.15. The number of rotatable bonds is 2. The highest BCUT2D eigenvalue weighted by Crippen LogP contribution is 2.19. The monoisotopic (exact) mass is 218 g/mol. The second-order valence-electron chi connectivity index (χ2n) is 4.15. The summed E-state index contributed by atoms with van der Waals surface area (Å²) in [6.45, 7) is 5.90. The molecule has 4 nitrogen and oxygen atoms in total. The molecule has 0 bridgehead atoms. The first-order chi connectivity index (χ1) is 7.59. The van der Waals surface area contributed by atoms with Gasteiger partial charge in [-0.05, 0) is 11.6 Å². The number of nitrogens with zero attached hydrogens (tertiary/aromatic N) is 2. The van der Waals surface area contributed by atoms with Crippen LogP contribution in [0.1, 0.15) is 31.0 Å². The van der Waals surface area contributed by atoms with Crippen LogP contribution in [0, 0.1) is 6.92 Å². The van der Waals surface area contributed by atoms with Crippen LogP contribution < -0.4 is 9.79 Å². The summed E-state index contributed by atoms with van der Waals surface area (Å²) >= 11 is 0. The fourth-order valence-electron chi connectivity index (χ4n) is 1.61. The van der Waals surface area contributed by atoms with Crippen molar-refractivity contribution in [3.63, 3.8) is 0 Å². The van der Waals surface area contributed by atoms with Crippen molar-refractivity contribution in [2.45, 2.75) is 26.7 Å². The molecule has 4 heteroatoms. The third kappa shape index (κ3) is 1.78. The summed E-state index contributed by atoms with van der Waals surface area (Å²) in [5.41, 5.74) is 2.59. The highest BCUT2D eigenvalue weighted by Gasteiger charge is 2.22. The Morgan fingerprint density at radius 1 is 1.25 bits per heavy atom. The van der Waals surface area contributed by atoms with Gasteiger partial charge in [-0.3, -0.25) is 0 Å². The molecule has 0 amide bonds. The normalized spacial score (nSPS) is 11.0. The van der Waals surface area contributed by atoms with Gasteiger partial charge in [0.25, 0.3) is 0 Å². The molecule has 0 fully saturated rings. The molecular formula is C12H14N2O2. The molecule has 0 N–H and O–H groups in total. The topological polar surface area (TPSA) is 53.0 Å². The van der Waals surface area contributed by atoms with E-state index >= 15 is 0 Å². The van der Waals surface area contributed by atoms with E-state index in [0.717, 1.165) is 5.69 Å². The van der Waals surface area contributed by atoms with E-state index in [1.165, 1.54) is 5.56 Å². The first-order valence-corrected chi connectivity index (χ1v) is 5.25. The minimum atomic E-state index is -0.365. The highest BCUT2D eigenvalue weighted by atomic mass is 16.6. The number of aryl methyl sites for hydroxylation is 1. The Labute approximate surface area is 94.1 Å². The van der Waals surface area contributed by atoms with Crippen molar-refractivity contribution < 1.29 is 14.3 Å². The van der Waals surface area contributed by atoms with Crippen LogP contribution in [0.4, 0.5) is 0 Å². The largest absolute Gasteiger partial charge is 0.539 e. The van der Waals surface area contributed by atoms with E-state index in [0.29, 0.717) is 5.69 Å². The van der Waals surface area contributed by atoms with Crippen LogP contribution in [-0.2, 0) is 0 Å². The average Bonchev–Trinajstić information content (AvgIpc) is 2.61. The van der Waals surface area contributed by atoms with Crippen molar-refractivity contribution in [2.24, 2.45) is 0 Å². The van der Waals surface area contributed by atoms with Crippen molar-refractivity contribution in [2.75, 3.05) is 0 Å². The smallest absolute Gasteiger partial charge is 0.242 e. The zero-order chi connectivity index (χ0) is 11.7. The lowest BCUT2D eigenvalue weighted by molar-refractivity contribution is -0.678. The lowest BCUT2D eigenvalue weighted by Crippen LogP contribution is -2.37. The van der Waals surface area contributed by atoms with E-state index in [2.05, 4.69) is 5.27 Å². The quantitative estimate of drug-likeness (QED) is 0.717. The van der Waals surface area contributed by atoms with Crippen LogP contribution in [0.2, 0.25) is 0 Å². The Bertz CT molecular complexity index is 486. The molecule has 0 saturated heterocycles. The molecular weight excluding hydrogens is 204 g/mol. The van der Waals surface area contributed by atoms with E-state index in [-0.39, 0.29) is 11.9 Å². The molecule has 1 aromatic carbocycles. The van der Waals surface area contributed by atoms with Gasteiger partial charge in [-0.1, -0.05) is 31.5 Å². The minimum Gasteiger partial charge on any atom is -0.539 e. The molecule has 0 spiro atoms. The van der Waals surface area contributed by atoms with Crippen LogP contribution in [0.25, 0.3) is 5.69 Å². The Morgan fingerprint density at radius 3 is 2.44 bits per heavy atom. The molecule has 0 radical (unpaired) electrons. The van der Waals surface area contributed by atoms with E-state index in [9.17, 15) is 5.11 Å². The standard InChI is InChI=1S/C12H14N2O2/c1-8(2)11-12(15)16-13-14(11)10-6-4-9(3)5-7-10/h4-8H,1-3H3. The molecule has 2 rings (SSSR count). The summed E-state index contributed by atoms with van der Waals surface area (Å²) in [6.07, 6.45) is 0. The first-order valence-electron chi connectivity index (χ1n) is 5.25. The molecule has 0 aliphatic heterocycles. The first kappa shape index (κ1) is 10.7. The van der Waals surface area contributed by atoms with Gasteiger partial charge in [-0.15, -0.1) is 0 Å². The third-order valence-electron chi connectivity index (χ3n) is 2.47. The van der Waals surface area contributed by atoms with Gasteiger partial charge in [0.05, 0.1) is 5.27 Å². The van der Waals surface area contributed by atoms with E-state index in [1.807, 2.05) is 45.0 Å². The van der Waals surface area contributed by atoms with Gasteiger partial charge in [0.15, 0.2) is 5.95 Å². The molecule has 0 atom stereocenters. The van der Waals surface area contributed by atoms with Crippen LogP contribution in [0.5, 0.6) is 5.95 Å². The minimum absolute atomic E-state index is 0.0834. The molecule has 0 unspecified atom stereocenters. The van der Waals surface area contributed by atoms with Gasteiger partial charge in [-0.2, -0.15) is 0 Å². The Balaban J connectivity index is 2.52. The van der Waals surface area contributed by atoms with Gasteiger partial charge < -0.3 is 9.63 Å². The fourth-order valence-corrected chi connectivity index (χ4v) is 1.61. The summed E-state index contributed by atoms with van der Waals surface area (Å²) in [6, 6.07) is 7.80. The lowest BCUT2D eigenvalue weighted by atomic mass is 10.1. The maximum atomic E-state index is 11.5. The van der Waals surface area contributed by atoms with Gasteiger partial charge in [0.1, 0.15) is 0 Å². The summed E-state index contributed by atoms with van der Waals surface area (Å²) < 4.78 is 6.26. The summed E-state index contributed by atoms with van der Waals surface area (Å²) in [5.74, 6) is -0.282. The van der Waals surface area contributed by atoms with Gasteiger partial charge in [0.2, 0.25) is 11.4 Å². The van der Waals surface area contributed by atoms with E-state index < -0.39 is 0 Å². The predicted molar refractivity (Wildman–Crippen MR) is 56.3 cm³/mol. The number of aromatic nitrogens is 2. The van der Waals surface area contributed by atoms with E-state index in [1.54, 1.807) is 4.68 Å². The molecule has 2 aromatic rings.